The van der Waals surface area contributed by atoms with Gasteiger partial charge in [0.2, 0.25) is 5.89 Å². The molecule has 2 fully saturated rings. The number of benzene rings is 2. The number of aromatic nitrogens is 2. The predicted octanol–water partition coefficient (Wildman–Crippen LogP) is 4.36. The lowest BCUT2D eigenvalue weighted by atomic mass is 9.94. The van der Waals surface area contributed by atoms with Crippen LogP contribution in [0.15, 0.2) is 59.1 Å². The van der Waals surface area contributed by atoms with E-state index < -0.39 is 0 Å². The van der Waals surface area contributed by atoms with E-state index in [2.05, 4.69) is 40.4 Å². The van der Waals surface area contributed by atoms with Crippen LogP contribution in [0.4, 0.5) is 0 Å². The molecule has 0 saturated carbocycles. The number of ether oxygens (including phenoxy) is 1. The topological polar surface area (TPSA) is 51.4 Å². The Kier molecular flexibility index (Phi) is 4.61. The lowest BCUT2D eigenvalue weighted by Gasteiger charge is -2.24. The van der Waals surface area contributed by atoms with Crippen LogP contribution in [0.1, 0.15) is 54.1 Å². The SMILES string of the molecule is COc1ccccc1Cc1nc([C@@H]2C[C@H](c3ccccc3)N3CCC[C@@H]23)no1. The largest absolute Gasteiger partial charge is 0.496 e. The second kappa shape index (κ2) is 7.40. The van der Waals surface area contributed by atoms with Crippen molar-refractivity contribution in [3.63, 3.8) is 0 Å². The Morgan fingerprint density at radius 3 is 2.79 bits per heavy atom. The highest BCUT2D eigenvalue weighted by Gasteiger charge is 2.46. The van der Waals surface area contributed by atoms with Crippen molar-refractivity contribution in [1.29, 1.82) is 0 Å². The first-order chi connectivity index (χ1) is 13.8. The minimum Gasteiger partial charge on any atom is -0.496 e. The first-order valence-corrected chi connectivity index (χ1v) is 10.1. The minimum absolute atomic E-state index is 0.336. The van der Waals surface area contributed by atoms with Gasteiger partial charge in [0, 0.05) is 23.6 Å². The van der Waals surface area contributed by atoms with Crippen molar-refractivity contribution < 1.29 is 9.26 Å². The van der Waals surface area contributed by atoms with Crippen molar-refractivity contribution in [2.45, 2.75) is 43.7 Å². The van der Waals surface area contributed by atoms with Gasteiger partial charge in [-0.2, -0.15) is 4.98 Å². The van der Waals surface area contributed by atoms with E-state index in [0.29, 0.717) is 30.3 Å². The van der Waals surface area contributed by atoms with Gasteiger partial charge in [0.15, 0.2) is 5.82 Å². The van der Waals surface area contributed by atoms with Gasteiger partial charge in [-0.15, -0.1) is 0 Å². The van der Waals surface area contributed by atoms with E-state index in [-0.39, 0.29) is 0 Å². The van der Waals surface area contributed by atoms with Crippen LogP contribution in [0, 0.1) is 0 Å². The molecule has 0 amide bonds. The third kappa shape index (κ3) is 3.10. The molecule has 0 unspecified atom stereocenters. The first kappa shape index (κ1) is 17.4. The van der Waals surface area contributed by atoms with Crippen molar-refractivity contribution in [2.24, 2.45) is 0 Å². The average molecular weight is 375 g/mol. The maximum atomic E-state index is 5.63. The molecular weight excluding hydrogens is 350 g/mol. The molecule has 0 aliphatic carbocycles. The van der Waals surface area contributed by atoms with E-state index in [9.17, 15) is 0 Å². The highest BCUT2D eigenvalue weighted by atomic mass is 16.5. The molecule has 0 radical (unpaired) electrons. The molecule has 2 aliphatic rings. The van der Waals surface area contributed by atoms with Crippen LogP contribution in [0.2, 0.25) is 0 Å². The van der Waals surface area contributed by atoms with E-state index in [1.54, 1.807) is 7.11 Å². The zero-order valence-corrected chi connectivity index (χ0v) is 16.1. The van der Waals surface area contributed by atoms with Gasteiger partial charge in [-0.3, -0.25) is 4.90 Å². The molecule has 0 N–H and O–H groups in total. The molecule has 0 bridgehead atoms. The summed E-state index contributed by atoms with van der Waals surface area (Å²) < 4.78 is 11.1. The van der Waals surface area contributed by atoms with Crippen LogP contribution in [0.5, 0.6) is 5.75 Å². The van der Waals surface area contributed by atoms with Gasteiger partial charge in [0.1, 0.15) is 5.75 Å². The van der Waals surface area contributed by atoms with E-state index in [4.69, 9.17) is 14.2 Å². The summed E-state index contributed by atoms with van der Waals surface area (Å²) >= 11 is 0. The fourth-order valence-corrected chi connectivity index (χ4v) is 4.95. The number of methoxy groups -OCH3 is 1. The van der Waals surface area contributed by atoms with Gasteiger partial charge in [-0.25, -0.2) is 0 Å². The van der Waals surface area contributed by atoms with Crippen LogP contribution in [0.25, 0.3) is 0 Å². The Morgan fingerprint density at radius 1 is 1.11 bits per heavy atom. The quantitative estimate of drug-likeness (QED) is 0.663. The number of hydrogen-bond acceptors (Lipinski definition) is 5. The third-order valence-corrected chi connectivity index (χ3v) is 6.22. The summed E-state index contributed by atoms with van der Waals surface area (Å²) in [4.78, 5) is 7.44. The van der Waals surface area contributed by atoms with Gasteiger partial charge in [-0.05, 0) is 37.4 Å². The lowest BCUT2D eigenvalue weighted by molar-refractivity contribution is 0.243. The molecule has 5 nitrogen and oxygen atoms in total. The lowest BCUT2D eigenvalue weighted by Crippen LogP contribution is -2.27. The number of para-hydroxylation sites is 1. The summed E-state index contributed by atoms with van der Waals surface area (Å²) in [6.45, 7) is 1.16. The number of fused-ring (bicyclic) bond motifs is 1. The molecule has 28 heavy (non-hydrogen) atoms. The maximum Gasteiger partial charge on any atom is 0.231 e. The normalized spacial score (nSPS) is 24.4. The fourth-order valence-electron chi connectivity index (χ4n) is 4.95. The van der Waals surface area contributed by atoms with Gasteiger partial charge < -0.3 is 9.26 Å². The zero-order chi connectivity index (χ0) is 18.9. The fraction of sp³-hybridized carbons (Fsp3) is 0.391. The standard InChI is InChI=1S/C23H25N3O2/c1-27-21-12-6-5-10-17(21)14-22-24-23(25-28-22)18-15-20(16-8-3-2-4-9-16)26-13-7-11-19(18)26/h2-6,8-10,12,18-20H,7,11,13-15H2,1H3/t18-,19+,20-/m1/s1. The molecule has 1 aromatic heterocycles. The summed E-state index contributed by atoms with van der Waals surface area (Å²) in [5.41, 5.74) is 2.46. The molecular formula is C23H25N3O2. The molecule has 2 saturated heterocycles. The Balaban J connectivity index is 1.38. The maximum absolute atomic E-state index is 5.63. The third-order valence-electron chi connectivity index (χ3n) is 6.22. The predicted molar refractivity (Wildman–Crippen MR) is 106 cm³/mol. The second-order valence-electron chi connectivity index (χ2n) is 7.75. The minimum atomic E-state index is 0.336. The molecule has 5 heteroatoms. The summed E-state index contributed by atoms with van der Waals surface area (Å²) in [7, 11) is 1.69. The summed E-state index contributed by atoms with van der Waals surface area (Å²) in [5, 5.41) is 4.38. The van der Waals surface area contributed by atoms with Crippen molar-refractivity contribution >= 4 is 0 Å². The zero-order valence-electron chi connectivity index (χ0n) is 16.1. The Bertz CT molecular complexity index is 940. The van der Waals surface area contributed by atoms with Crippen molar-refractivity contribution in [3.8, 4) is 5.75 Å². The van der Waals surface area contributed by atoms with Crippen LogP contribution in [-0.2, 0) is 6.42 Å². The highest BCUT2D eigenvalue weighted by molar-refractivity contribution is 5.35. The molecule has 144 valence electrons. The average Bonchev–Trinajstić information content (AvgIpc) is 3.46. The smallest absolute Gasteiger partial charge is 0.231 e. The van der Waals surface area contributed by atoms with Gasteiger partial charge in [-0.1, -0.05) is 53.7 Å². The monoisotopic (exact) mass is 375 g/mol. The molecule has 5 rings (SSSR count). The molecule has 0 spiro atoms. The molecule has 3 atom stereocenters. The van der Waals surface area contributed by atoms with Gasteiger partial charge in [0.25, 0.3) is 0 Å². The van der Waals surface area contributed by atoms with Crippen LogP contribution >= 0.6 is 0 Å². The summed E-state index contributed by atoms with van der Waals surface area (Å²) in [6.07, 6.45) is 4.11. The van der Waals surface area contributed by atoms with E-state index in [0.717, 1.165) is 30.1 Å². The molecule has 2 aliphatic heterocycles. The molecule has 2 aromatic carbocycles. The Hall–Kier alpha value is -2.66. The van der Waals surface area contributed by atoms with Crippen molar-refractivity contribution in [3.05, 3.63) is 77.4 Å². The van der Waals surface area contributed by atoms with Crippen LogP contribution in [0.3, 0.4) is 0 Å². The van der Waals surface area contributed by atoms with E-state index in [1.165, 1.54) is 18.4 Å². The molecule has 3 heterocycles. The van der Waals surface area contributed by atoms with E-state index >= 15 is 0 Å². The van der Waals surface area contributed by atoms with Crippen molar-refractivity contribution in [1.82, 2.24) is 15.0 Å². The van der Waals surface area contributed by atoms with Gasteiger partial charge in [0.05, 0.1) is 13.5 Å². The van der Waals surface area contributed by atoms with Gasteiger partial charge >= 0.3 is 0 Å². The summed E-state index contributed by atoms with van der Waals surface area (Å²) in [6, 6.07) is 19.8. The second-order valence-corrected chi connectivity index (χ2v) is 7.75. The summed E-state index contributed by atoms with van der Waals surface area (Å²) in [5.74, 6) is 2.71. The number of rotatable bonds is 5. The number of hydrogen-bond donors (Lipinski definition) is 0. The highest BCUT2D eigenvalue weighted by Crippen LogP contribution is 2.48. The first-order valence-electron chi connectivity index (χ1n) is 10.1. The Morgan fingerprint density at radius 2 is 1.93 bits per heavy atom. The van der Waals surface area contributed by atoms with Crippen LogP contribution < -0.4 is 4.74 Å². The van der Waals surface area contributed by atoms with Crippen molar-refractivity contribution in [2.75, 3.05) is 13.7 Å². The number of nitrogens with zero attached hydrogens (tertiary/aromatic N) is 3. The van der Waals surface area contributed by atoms with Crippen LogP contribution in [-0.4, -0.2) is 34.7 Å². The van der Waals surface area contributed by atoms with E-state index in [1.807, 2.05) is 24.3 Å². The Labute approximate surface area is 165 Å². The molecule has 3 aromatic rings.